The molecule has 11 aromatic rings. The van der Waals surface area contributed by atoms with Gasteiger partial charge in [0.15, 0.2) is 17.5 Å². The Hall–Kier alpha value is -7.21. The molecule has 4 nitrogen and oxygen atoms in total. The van der Waals surface area contributed by atoms with E-state index >= 15 is 0 Å². The highest BCUT2D eigenvalue weighted by Gasteiger charge is 2.21. The molecule has 0 saturated carbocycles. The fourth-order valence-electron chi connectivity index (χ4n) is 7.88. The molecular weight excluding hydrogens is 703 g/mol. The summed E-state index contributed by atoms with van der Waals surface area (Å²) in [6.07, 6.45) is 0. The lowest BCUT2D eigenvalue weighted by atomic mass is 9.95. The first-order valence-electron chi connectivity index (χ1n) is 18.7. The van der Waals surface area contributed by atoms with E-state index in [4.69, 9.17) is 19.4 Å². The van der Waals surface area contributed by atoms with Crippen LogP contribution in [0.4, 0.5) is 0 Å². The van der Waals surface area contributed by atoms with Crippen LogP contribution in [0.2, 0.25) is 0 Å². The van der Waals surface area contributed by atoms with Crippen molar-refractivity contribution in [1.29, 1.82) is 0 Å². The van der Waals surface area contributed by atoms with Crippen LogP contribution < -0.4 is 0 Å². The lowest BCUT2D eigenvalue weighted by molar-refractivity contribution is 0.669. The normalized spacial score (nSPS) is 11.6. The third kappa shape index (κ3) is 5.48. The van der Waals surface area contributed by atoms with E-state index in [1.807, 2.05) is 42.5 Å². The molecule has 0 aliphatic rings. The highest BCUT2D eigenvalue weighted by Crippen LogP contribution is 2.43. The summed E-state index contributed by atoms with van der Waals surface area (Å²) in [6.45, 7) is 0. The van der Waals surface area contributed by atoms with E-state index in [0.29, 0.717) is 17.5 Å². The van der Waals surface area contributed by atoms with Crippen LogP contribution in [0.1, 0.15) is 0 Å². The number of aromatic nitrogens is 3. The number of rotatable bonds is 6. The standard InChI is InChI=1S/C51H31N3OS/c1-3-12-32(13-4-1)33-24-26-34(27-25-33)35-28-30-36(31-29-35)38-17-10-21-43-46(38)47-41(19-11-22-44(47)55-43)50-52-49(37-14-5-2-6-15-37)53-51(54-50)42-20-9-18-40-39-16-7-8-23-45(39)56-48(40)42/h1-31H. The first-order chi connectivity index (χ1) is 27.7. The summed E-state index contributed by atoms with van der Waals surface area (Å²) in [7, 11) is 0. The van der Waals surface area contributed by atoms with Crippen molar-refractivity contribution in [1.82, 2.24) is 15.0 Å². The molecule has 0 amide bonds. The molecule has 0 radical (unpaired) electrons. The molecule has 11 rings (SSSR count). The molecule has 0 unspecified atom stereocenters. The van der Waals surface area contributed by atoms with E-state index in [0.717, 1.165) is 60.0 Å². The molecule has 0 fully saturated rings. The zero-order chi connectivity index (χ0) is 37.0. The van der Waals surface area contributed by atoms with Gasteiger partial charge >= 0.3 is 0 Å². The van der Waals surface area contributed by atoms with Gasteiger partial charge in [0.2, 0.25) is 0 Å². The van der Waals surface area contributed by atoms with Crippen molar-refractivity contribution in [3.63, 3.8) is 0 Å². The van der Waals surface area contributed by atoms with Gasteiger partial charge in [0.1, 0.15) is 11.2 Å². The molecule has 56 heavy (non-hydrogen) atoms. The monoisotopic (exact) mass is 733 g/mol. The van der Waals surface area contributed by atoms with Gasteiger partial charge in [-0.25, -0.2) is 15.0 Å². The predicted octanol–water partition coefficient (Wildman–Crippen LogP) is 14.1. The van der Waals surface area contributed by atoms with Gasteiger partial charge in [-0.1, -0.05) is 164 Å². The Morgan fingerprint density at radius 1 is 0.321 bits per heavy atom. The lowest BCUT2D eigenvalue weighted by Crippen LogP contribution is -2.00. The third-order valence-electron chi connectivity index (χ3n) is 10.6. The van der Waals surface area contributed by atoms with E-state index in [2.05, 4.69) is 146 Å². The molecular formula is C51H31N3OS. The van der Waals surface area contributed by atoms with E-state index < -0.39 is 0 Å². The fraction of sp³-hybridized carbons (Fsp3) is 0. The summed E-state index contributed by atoms with van der Waals surface area (Å²) < 4.78 is 8.97. The van der Waals surface area contributed by atoms with Gasteiger partial charge < -0.3 is 4.42 Å². The number of hydrogen-bond donors (Lipinski definition) is 0. The summed E-state index contributed by atoms with van der Waals surface area (Å²) >= 11 is 1.78. The SMILES string of the molecule is c1ccc(-c2ccc(-c3ccc(-c4cccc5oc6cccc(-c7nc(-c8ccccc8)nc(-c8cccc9c8sc8ccccc89)n7)c6c45)cc3)cc2)cc1. The number of benzene rings is 8. The maximum atomic E-state index is 6.57. The van der Waals surface area contributed by atoms with Crippen LogP contribution in [-0.4, -0.2) is 15.0 Å². The van der Waals surface area contributed by atoms with E-state index in [-0.39, 0.29) is 0 Å². The van der Waals surface area contributed by atoms with Gasteiger partial charge in [-0.3, -0.25) is 0 Å². The molecule has 5 heteroatoms. The number of thiophene rings is 1. The van der Waals surface area contributed by atoms with Crippen molar-refractivity contribution in [2.24, 2.45) is 0 Å². The molecule has 0 atom stereocenters. The van der Waals surface area contributed by atoms with Gasteiger partial charge in [-0.05, 0) is 57.6 Å². The third-order valence-corrected chi connectivity index (χ3v) is 11.8. The molecule has 0 saturated heterocycles. The minimum atomic E-state index is 0.601. The van der Waals surface area contributed by atoms with Crippen molar-refractivity contribution >= 4 is 53.4 Å². The molecule has 262 valence electrons. The van der Waals surface area contributed by atoms with Crippen LogP contribution in [0.5, 0.6) is 0 Å². The van der Waals surface area contributed by atoms with Crippen molar-refractivity contribution in [3.05, 3.63) is 188 Å². The van der Waals surface area contributed by atoms with Crippen molar-refractivity contribution in [2.45, 2.75) is 0 Å². The summed E-state index contributed by atoms with van der Waals surface area (Å²) in [5.41, 5.74) is 11.4. The molecule has 0 N–H and O–H groups in total. The Bertz CT molecular complexity index is 3220. The smallest absolute Gasteiger partial charge is 0.165 e. The topological polar surface area (TPSA) is 51.8 Å². The molecule has 0 bridgehead atoms. The first-order valence-corrected chi connectivity index (χ1v) is 19.5. The molecule has 3 heterocycles. The van der Waals surface area contributed by atoms with Gasteiger partial charge in [-0.15, -0.1) is 11.3 Å². The summed E-state index contributed by atoms with van der Waals surface area (Å²) in [6, 6.07) is 65.6. The van der Waals surface area contributed by atoms with Crippen LogP contribution in [0.3, 0.4) is 0 Å². The van der Waals surface area contributed by atoms with Gasteiger partial charge in [0.05, 0.1) is 0 Å². The molecule has 0 aliphatic heterocycles. The molecule has 0 aliphatic carbocycles. The van der Waals surface area contributed by atoms with Crippen LogP contribution in [0.15, 0.2) is 192 Å². The minimum Gasteiger partial charge on any atom is -0.456 e. The average Bonchev–Trinajstić information content (AvgIpc) is 3.86. The first kappa shape index (κ1) is 32.2. The fourth-order valence-corrected chi connectivity index (χ4v) is 9.09. The number of nitrogens with zero attached hydrogens (tertiary/aromatic N) is 3. The van der Waals surface area contributed by atoms with Crippen molar-refractivity contribution in [2.75, 3.05) is 0 Å². The second-order valence-electron chi connectivity index (χ2n) is 13.9. The lowest BCUT2D eigenvalue weighted by Gasteiger charge is -2.11. The Morgan fingerprint density at radius 2 is 0.786 bits per heavy atom. The number of fused-ring (bicyclic) bond motifs is 6. The number of furan rings is 1. The van der Waals surface area contributed by atoms with E-state index in [1.54, 1.807) is 11.3 Å². The van der Waals surface area contributed by atoms with Gasteiger partial charge in [0.25, 0.3) is 0 Å². The quantitative estimate of drug-likeness (QED) is 0.171. The predicted molar refractivity (Wildman–Crippen MR) is 233 cm³/mol. The molecule has 3 aromatic heterocycles. The summed E-state index contributed by atoms with van der Waals surface area (Å²) in [5.74, 6) is 1.87. The Morgan fingerprint density at radius 3 is 1.46 bits per heavy atom. The van der Waals surface area contributed by atoms with E-state index in [1.165, 1.54) is 32.2 Å². The van der Waals surface area contributed by atoms with Gasteiger partial charge in [-0.2, -0.15) is 0 Å². The second-order valence-corrected chi connectivity index (χ2v) is 15.0. The summed E-state index contributed by atoms with van der Waals surface area (Å²) in [4.78, 5) is 15.6. The molecule has 8 aromatic carbocycles. The zero-order valence-corrected chi connectivity index (χ0v) is 30.9. The highest BCUT2D eigenvalue weighted by molar-refractivity contribution is 7.26. The Kier molecular flexibility index (Phi) is 7.64. The zero-order valence-electron chi connectivity index (χ0n) is 30.1. The Labute approximate surface area is 327 Å². The average molecular weight is 734 g/mol. The van der Waals surface area contributed by atoms with Crippen LogP contribution in [-0.2, 0) is 0 Å². The van der Waals surface area contributed by atoms with Crippen LogP contribution in [0.25, 0.3) is 110 Å². The Balaban J connectivity index is 1.06. The minimum absolute atomic E-state index is 0.601. The molecule has 0 spiro atoms. The second kappa shape index (κ2) is 13.3. The van der Waals surface area contributed by atoms with Crippen molar-refractivity contribution < 1.29 is 4.42 Å². The highest BCUT2D eigenvalue weighted by atomic mass is 32.1. The maximum Gasteiger partial charge on any atom is 0.165 e. The van der Waals surface area contributed by atoms with Crippen molar-refractivity contribution in [3.8, 4) is 67.5 Å². The van der Waals surface area contributed by atoms with Crippen LogP contribution in [0, 0.1) is 0 Å². The maximum absolute atomic E-state index is 6.57. The van der Waals surface area contributed by atoms with E-state index in [9.17, 15) is 0 Å². The summed E-state index contributed by atoms with van der Waals surface area (Å²) in [5, 5.41) is 4.46. The van der Waals surface area contributed by atoms with Crippen LogP contribution >= 0.6 is 11.3 Å². The largest absolute Gasteiger partial charge is 0.456 e. The number of hydrogen-bond acceptors (Lipinski definition) is 5. The van der Waals surface area contributed by atoms with Gasteiger partial charge in [0, 0.05) is 47.6 Å².